The summed E-state index contributed by atoms with van der Waals surface area (Å²) in [6, 6.07) is 16.6. The fourth-order valence-electron chi connectivity index (χ4n) is 4.16. The Morgan fingerprint density at radius 3 is 2.44 bits per heavy atom. The highest BCUT2D eigenvalue weighted by atomic mass is 16.5. The Bertz CT molecular complexity index is 1420. The first kappa shape index (κ1) is 23.0. The Hall–Kier alpha value is -4.73. The van der Waals surface area contributed by atoms with E-state index in [0.717, 1.165) is 16.3 Å². The van der Waals surface area contributed by atoms with Gasteiger partial charge in [-0.25, -0.2) is 14.8 Å². The van der Waals surface area contributed by atoms with Gasteiger partial charge in [-0.3, -0.25) is 9.78 Å². The normalized spacial score (nSPS) is 13.5. The fraction of sp³-hybridized carbons (Fsp3) is 0.192. The third-order valence-corrected chi connectivity index (χ3v) is 6.08. The standard InChI is InChI=1S/C26H24N6O4/c1-36-19-14-18-4-2-3-5-20(18)21(15-19)29-25(33)22-16-23(31-10-12-32(13-11-31)26(34)35)30-24(28-22)17-6-8-27-9-7-17/h2-9,14-16H,10-13H2,1H3,(H,29,33)(H,34,35). The molecule has 10 nitrogen and oxygen atoms in total. The van der Waals surface area contributed by atoms with Crippen molar-refractivity contribution in [2.45, 2.75) is 0 Å². The van der Waals surface area contributed by atoms with E-state index in [-0.39, 0.29) is 5.69 Å². The molecule has 182 valence electrons. The van der Waals surface area contributed by atoms with E-state index in [2.05, 4.69) is 20.3 Å². The van der Waals surface area contributed by atoms with E-state index in [4.69, 9.17) is 4.74 Å². The zero-order valence-electron chi connectivity index (χ0n) is 19.6. The number of hydrogen-bond donors (Lipinski definition) is 2. The lowest BCUT2D eigenvalue weighted by atomic mass is 10.1. The number of rotatable bonds is 5. The van der Waals surface area contributed by atoms with Crippen molar-refractivity contribution in [1.82, 2.24) is 19.9 Å². The SMILES string of the molecule is COc1cc(NC(=O)c2cc(N3CCN(C(=O)O)CC3)nc(-c3ccncc3)n2)c2ccccc2c1. The minimum Gasteiger partial charge on any atom is -0.497 e. The number of fused-ring (bicyclic) bond motifs is 1. The highest BCUT2D eigenvalue weighted by Gasteiger charge is 2.23. The Balaban J connectivity index is 1.51. The molecule has 0 unspecified atom stereocenters. The van der Waals surface area contributed by atoms with Crippen LogP contribution in [0.5, 0.6) is 5.75 Å². The van der Waals surface area contributed by atoms with Crippen LogP contribution in [0.4, 0.5) is 16.3 Å². The Labute approximate surface area is 207 Å². The molecule has 4 aromatic rings. The average molecular weight is 485 g/mol. The van der Waals surface area contributed by atoms with E-state index in [1.807, 2.05) is 35.2 Å². The van der Waals surface area contributed by atoms with E-state index >= 15 is 0 Å². The number of pyridine rings is 1. The van der Waals surface area contributed by atoms with Crippen molar-refractivity contribution < 1.29 is 19.4 Å². The monoisotopic (exact) mass is 484 g/mol. The van der Waals surface area contributed by atoms with E-state index in [0.29, 0.717) is 49.3 Å². The Morgan fingerprint density at radius 2 is 1.72 bits per heavy atom. The molecule has 2 aromatic carbocycles. The first-order valence-electron chi connectivity index (χ1n) is 11.4. The first-order valence-corrected chi connectivity index (χ1v) is 11.4. The largest absolute Gasteiger partial charge is 0.497 e. The summed E-state index contributed by atoms with van der Waals surface area (Å²) in [6.45, 7) is 1.61. The van der Waals surface area contributed by atoms with Crippen LogP contribution >= 0.6 is 0 Å². The number of nitrogens with one attached hydrogen (secondary N) is 1. The molecule has 0 bridgehead atoms. The molecule has 10 heteroatoms. The van der Waals surface area contributed by atoms with Crippen LogP contribution in [0, 0.1) is 0 Å². The van der Waals surface area contributed by atoms with Crippen LogP contribution in [-0.4, -0.2) is 70.2 Å². The van der Waals surface area contributed by atoms with Crippen LogP contribution in [0.15, 0.2) is 67.0 Å². The molecular formula is C26H24N6O4. The van der Waals surface area contributed by atoms with Gasteiger partial charge in [-0.2, -0.15) is 0 Å². The van der Waals surface area contributed by atoms with Gasteiger partial charge in [0.15, 0.2) is 5.82 Å². The Kier molecular flexibility index (Phi) is 6.31. The fourth-order valence-corrected chi connectivity index (χ4v) is 4.16. The third kappa shape index (κ3) is 4.74. The van der Waals surface area contributed by atoms with E-state index in [1.54, 1.807) is 43.8 Å². The van der Waals surface area contributed by atoms with Gasteiger partial charge in [-0.15, -0.1) is 0 Å². The van der Waals surface area contributed by atoms with E-state index < -0.39 is 12.0 Å². The number of hydrogen-bond acceptors (Lipinski definition) is 7. The zero-order chi connectivity index (χ0) is 25.1. The van der Waals surface area contributed by atoms with Crippen LogP contribution < -0.4 is 15.0 Å². The van der Waals surface area contributed by atoms with Gasteiger partial charge in [0.05, 0.1) is 12.8 Å². The van der Waals surface area contributed by atoms with Crippen molar-refractivity contribution in [2.75, 3.05) is 43.5 Å². The predicted molar refractivity (Wildman–Crippen MR) is 136 cm³/mol. The summed E-state index contributed by atoms with van der Waals surface area (Å²) in [5.74, 6) is 1.18. The highest BCUT2D eigenvalue weighted by Crippen LogP contribution is 2.30. The molecule has 5 rings (SSSR count). The smallest absolute Gasteiger partial charge is 0.407 e. The maximum atomic E-state index is 13.5. The summed E-state index contributed by atoms with van der Waals surface area (Å²) in [5, 5.41) is 14.1. The van der Waals surface area contributed by atoms with E-state index in [1.165, 1.54) is 4.90 Å². The number of carbonyl (C=O) groups is 2. The molecule has 0 radical (unpaired) electrons. The summed E-state index contributed by atoms with van der Waals surface area (Å²) in [6.07, 6.45) is 2.33. The van der Waals surface area contributed by atoms with Crippen LogP contribution in [0.2, 0.25) is 0 Å². The van der Waals surface area contributed by atoms with Crippen LogP contribution in [0.3, 0.4) is 0 Å². The van der Waals surface area contributed by atoms with Crippen LogP contribution in [-0.2, 0) is 0 Å². The van der Waals surface area contributed by atoms with Crippen molar-refractivity contribution in [3.05, 3.63) is 72.7 Å². The number of piperazine rings is 1. The second-order valence-electron chi connectivity index (χ2n) is 8.28. The lowest BCUT2D eigenvalue weighted by Crippen LogP contribution is -2.48. The maximum absolute atomic E-state index is 13.5. The van der Waals surface area contributed by atoms with Crippen molar-refractivity contribution in [2.24, 2.45) is 0 Å². The molecule has 0 spiro atoms. The molecule has 2 aromatic heterocycles. The summed E-state index contributed by atoms with van der Waals surface area (Å²) in [7, 11) is 1.58. The van der Waals surface area contributed by atoms with Gasteiger partial charge in [0, 0.05) is 61.7 Å². The summed E-state index contributed by atoms with van der Waals surface area (Å²) >= 11 is 0. The molecule has 2 N–H and O–H groups in total. The predicted octanol–water partition coefficient (Wildman–Crippen LogP) is 3.75. The summed E-state index contributed by atoms with van der Waals surface area (Å²) < 4.78 is 5.42. The lowest BCUT2D eigenvalue weighted by molar-refractivity contribution is 0.102. The molecule has 3 heterocycles. The third-order valence-electron chi connectivity index (χ3n) is 6.08. The molecule has 2 amide bonds. The zero-order valence-corrected chi connectivity index (χ0v) is 19.6. The van der Waals surface area contributed by atoms with Crippen molar-refractivity contribution in [3.8, 4) is 17.1 Å². The molecule has 1 fully saturated rings. The minimum absolute atomic E-state index is 0.194. The molecule has 0 atom stereocenters. The maximum Gasteiger partial charge on any atom is 0.407 e. The van der Waals surface area contributed by atoms with Crippen molar-refractivity contribution >= 4 is 34.3 Å². The first-order chi connectivity index (χ1) is 17.5. The molecular weight excluding hydrogens is 460 g/mol. The molecule has 1 aliphatic heterocycles. The average Bonchev–Trinajstić information content (AvgIpc) is 2.93. The summed E-state index contributed by atoms with van der Waals surface area (Å²) in [4.78, 5) is 41.4. The van der Waals surface area contributed by atoms with E-state index in [9.17, 15) is 14.7 Å². The molecule has 1 aliphatic rings. The van der Waals surface area contributed by atoms with Crippen molar-refractivity contribution in [3.63, 3.8) is 0 Å². The number of methoxy groups -OCH3 is 1. The highest BCUT2D eigenvalue weighted by molar-refractivity contribution is 6.09. The molecule has 0 aliphatic carbocycles. The van der Waals surface area contributed by atoms with Crippen LogP contribution in [0.1, 0.15) is 10.5 Å². The van der Waals surface area contributed by atoms with Gasteiger partial charge >= 0.3 is 6.09 Å². The van der Waals surface area contributed by atoms with Gasteiger partial charge in [-0.1, -0.05) is 24.3 Å². The number of ether oxygens (including phenoxy) is 1. The number of anilines is 2. The minimum atomic E-state index is -0.944. The molecule has 1 saturated heterocycles. The lowest BCUT2D eigenvalue weighted by Gasteiger charge is -2.34. The van der Waals surface area contributed by atoms with Gasteiger partial charge in [0.1, 0.15) is 17.3 Å². The quantitative estimate of drug-likeness (QED) is 0.439. The number of amides is 2. The molecule has 0 saturated carbocycles. The number of nitrogens with zero attached hydrogens (tertiary/aromatic N) is 5. The van der Waals surface area contributed by atoms with Crippen molar-refractivity contribution in [1.29, 1.82) is 0 Å². The van der Waals surface area contributed by atoms with Gasteiger partial charge in [0.2, 0.25) is 0 Å². The summed E-state index contributed by atoms with van der Waals surface area (Å²) in [5.41, 5.74) is 1.52. The topological polar surface area (TPSA) is 121 Å². The van der Waals surface area contributed by atoms with Gasteiger partial charge < -0.3 is 25.0 Å². The molecule has 36 heavy (non-hydrogen) atoms. The number of aromatic nitrogens is 3. The second-order valence-corrected chi connectivity index (χ2v) is 8.28. The Morgan fingerprint density at radius 1 is 0.972 bits per heavy atom. The van der Waals surface area contributed by atoms with Gasteiger partial charge in [0.25, 0.3) is 5.91 Å². The number of benzene rings is 2. The second kappa shape index (κ2) is 9.87. The van der Waals surface area contributed by atoms with Crippen LogP contribution in [0.25, 0.3) is 22.2 Å². The number of carboxylic acid groups (broad SMARTS) is 1. The van der Waals surface area contributed by atoms with Gasteiger partial charge in [-0.05, 0) is 23.6 Å². The number of carbonyl (C=O) groups excluding carboxylic acids is 1.